The van der Waals surface area contributed by atoms with Gasteiger partial charge in [-0.3, -0.25) is 0 Å². The number of hydrogen-bond donors (Lipinski definition) is 0. The predicted molar refractivity (Wildman–Crippen MR) is 81.0 cm³/mol. The Kier molecular flexibility index (Phi) is 2.84. The summed E-state index contributed by atoms with van der Waals surface area (Å²) in [6, 6.07) is 0. The van der Waals surface area contributed by atoms with Gasteiger partial charge in [0.25, 0.3) is 0 Å². The Morgan fingerprint density at radius 1 is 0.684 bits per heavy atom. The Hall–Kier alpha value is 0. The lowest BCUT2D eigenvalue weighted by molar-refractivity contribution is -0.103. The summed E-state index contributed by atoms with van der Waals surface area (Å²) in [5.74, 6) is 4.41. The summed E-state index contributed by atoms with van der Waals surface area (Å²) >= 11 is 0. The fourth-order valence-corrected chi connectivity index (χ4v) is 7.29. The highest BCUT2D eigenvalue weighted by Crippen LogP contribution is 2.66. The lowest BCUT2D eigenvalue weighted by Gasteiger charge is -2.60. The molecule has 6 atom stereocenters. The van der Waals surface area contributed by atoms with E-state index in [1.165, 1.54) is 19.3 Å². The van der Waals surface area contributed by atoms with Crippen molar-refractivity contribution in [1.82, 2.24) is 0 Å². The van der Waals surface area contributed by atoms with Crippen LogP contribution in [0.5, 0.6) is 0 Å². The molecule has 0 N–H and O–H groups in total. The third-order valence-corrected chi connectivity index (χ3v) is 8.36. The molecule has 108 valence electrons. The highest BCUT2D eigenvalue weighted by Gasteiger charge is 2.56. The molecule has 4 fully saturated rings. The van der Waals surface area contributed by atoms with Crippen molar-refractivity contribution < 1.29 is 0 Å². The summed E-state index contributed by atoms with van der Waals surface area (Å²) in [7, 11) is 0. The Morgan fingerprint density at radius 2 is 1.58 bits per heavy atom. The third-order valence-electron chi connectivity index (χ3n) is 8.36. The van der Waals surface area contributed by atoms with Crippen LogP contribution in [-0.2, 0) is 0 Å². The van der Waals surface area contributed by atoms with Gasteiger partial charge in [0, 0.05) is 0 Å². The number of hydrogen-bond acceptors (Lipinski definition) is 0. The molecule has 2 unspecified atom stereocenters. The fourth-order valence-electron chi connectivity index (χ4n) is 7.29. The first-order valence-electron chi connectivity index (χ1n) is 9.13. The van der Waals surface area contributed by atoms with Crippen LogP contribution in [0.15, 0.2) is 0 Å². The van der Waals surface area contributed by atoms with E-state index in [0.29, 0.717) is 0 Å². The number of fused-ring (bicyclic) bond motifs is 5. The van der Waals surface area contributed by atoms with Crippen molar-refractivity contribution in [3.8, 4) is 0 Å². The molecule has 0 aliphatic heterocycles. The maximum Gasteiger partial charge on any atom is -0.0266 e. The Bertz CT molecular complexity index is 359. The topological polar surface area (TPSA) is 0 Å². The van der Waals surface area contributed by atoms with Gasteiger partial charge in [0.2, 0.25) is 0 Å². The lowest BCUT2D eigenvalue weighted by atomic mass is 9.45. The van der Waals surface area contributed by atoms with E-state index in [-0.39, 0.29) is 0 Å². The Morgan fingerprint density at radius 3 is 2.47 bits per heavy atom. The minimum atomic E-state index is 0.741. The van der Waals surface area contributed by atoms with E-state index in [0.717, 1.165) is 34.5 Å². The second kappa shape index (κ2) is 4.25. The molecule has 0 radical (unpaired) electrons. The zero-order valence-electron chi connectivity index (χ0n) is 13.1. The smallest absolute Gasteiger partial charge is 0.0266 e. The van der Waals surface area contributed by atoms with Crippen molar-refractivity contribution >= 4 is 0 Å². The van der Waals surface area contributed by atoms with Crippen LogP contribution in [0.1, 0.15) is 84.5 Å². The highest BCUT2D eigenvalue weighted by molar-refractivity contribution is 5.06. The fraction of sp³-hybridized carbons (Fsp3) is 1.00. The first-order valence-corrected chi connectivity index (χ1v) is 9.13. The molecular formula is C19H32. The van der Waals surface area contributed by atoms with Gasteiger partial charge in [-0.1, -0.05) is 33.1 Å². The molecule has 0 spiro atoms. The molecule has 0 nitrogen and oxygen atoms in total. The lowest BCUT2D eigenvalue weighted by Crippen LogP contribution is -2.51. The Balaban J connectivity index is 1.64. The molecule has 0 aromatic carbocycles. The summed E-state index contributed by atoms with van der Waals surface area (Å²) < 4.78 is 0. The second-order valence-electron chi connectivity index (χ2n) is 8.99. The van der Waals surface area contributed by atoms with Crippen LogP contribution in [-0.4, -0.2) is 0 Å². The van der Waals surface area contributed by atoms with Crippen molar-refractivity contribution in [2.75, 3.05) is 0 Å². The van der Waals surface area contributed by atoms with Crippen molar-refractivity contribution in [1.29, 1.82) is 0 Å². The maximum atomic E-state index is 2.70. The van der Waals surface area contributed by atoms with Crippen LogP contribution < -0.4 is 0 Å². The van der Waals surface area contributed by atoms with E-state index < -0.39 is 0 Å². The first-order chi connectivity index (χ1) is 9.13. The van der Waals surface area contributed by atoms with Gasteiger partial charge in [0.15, 0.2) is 0 Å². The molecule has 0 aromatic rings. The summed E-state index contributed by atoms with van der Waals surface area (Å²) in [4.78, 5) is 0. The molecule has 4 rings (SSSR count). The third kappa shape index (κ3) is 1.70. The van der Waals surface area contributed by atoms with Crippen LogP contribution in [0.2, 0.25) is 0 Å². The highest BCUT2D eigenvalue weighted by atomic mass is 14.6. The zero-order valence-corrected chi connectivity index (χ0v) is 13.1. The van der Waals surface area contributed by atoms with Crippen LogP contribution >= 0.6 is 0 Å². The molecule has 4 aliphatic carbocycles. The van der Waals surface area contributed by atoms with Crippen molar-refractivity contribution in [3.63, 3.8) is 0 Å². The van der Waals surface area contributed by atoms with Gasteiger partial charge in [-0.05, 0) is 85.9 Å². The summed E-state index contributed by atoms with van der Waals surface area (Å²) in [5.41, 5.74) is 1.49. The van der Waals surface area contributed by atoms with Crippen molar-refractivity contribution in [2.45, 2.75) is 84.5 Å². The van der Waals surface area contributed by atoms with Gasteiger partial charge >= 0.3 is 0 Å². The SMILES string of the molecule is C[C@]12CCCCC1CC[C@@H]1C2CC[C@]2(C)CCC[C@@H]12. The van der Waals surface area contributed by atoms with Crippen molar-refractivity contribution in [2.24, 2.45) is 34.5 Å². The molecule has 0 heteroatoms. The normalized spacial score (nSPS) is 57.2. The largest absolute Gasteiger partial charge is 0.0594 e. The van der Waals surface area contributed by atoms with Crippen LogP contribution in [0.25, 0.3) is 0 Å². The molecule has 0 aromatic heterocycles. The van der Waals surface area contributed by atoms with E-state index in [1.807, 2.05) is 0 Å². The van der Waals surface area contributed by atoms with Gasteiger partial charge in [-0.2, -0.15) is 0 Å². The predicted octanol–water partition coefficient (Wildman–Crippen LogP) is 5.81. The van der Waals surface area contributed by atoms with Gasteiger partial charge in [0.05, 0.1) is 0 Å². The van der Waals surface area contributed by atoms with E-state index in [9.17, 15) is 0 Å². The van der Waals surface area contributed by atoms with Crippen LogP contribution in [0.4, 0.5) is 0 Å². The van der Waals surface area contributed by atoms with Gasteiger partial charge in [-0.15, -0.1) is 0 Å². The summed E-state index contributed by atoms with van der Waals surface area (Å²) in [6.45, 7) is 5.33. The van der Waals surface area contributed by atoms with Crippen molar-refractivity contribution in [3.05, 3.63) is 0 Å². The van der Waals surface area contributed by atoms with Gasteiger partial charge in [-0.25, -0.2) is 0 Å². The van der Waals surface area contributed by atoms with E-state index in [1.54, 1.807) is 51.4 Å². The molecule has 4 aliphatic rings. The first kappa shape index (κ1) is 12.7. The molecule has 0 amide bonds. The zero-order chi connectivity index (χ0) is 13.1. The average molecular weight is 260 g/mol. The molecule has 4 saturated carbocycles. The second-order valence-corrected chi connectivity index (χ2v) is 8.99. The molecule has 0 heterocycles. The van der Waals surface area contributed by atoms with E-state index in [2.05, 4.69) is 13.8 Å². The quantitative estimate of drug-likeness (QED) is 0.515. The standard InChI is InChI=1S/C19H32/c1-18-11-5-7-16(18)15-9-8-14-6-3-4-12-19(14,2)17(15)10-13-18/h14-17H,3-13H2,1-2H3/t14?,15-,16-,17?,18-,19-/m0/s1. The summed E-state index contributed by atoms with van der Waals surface area (Å²) in [6.07, 6.45) is 17.1. The monoisotopic (exact) mass is 260 g/mol. The molecule has 19 heavy (non-hydrogen) atoms. The Labute approximate surface area is 119 Å². The van der Waals surface area contributed by atoms with E-state index >= 15 is 0 Å². The minimum absolute atomic E-state index is 0.741. The average Bonchev–Trinajstić information content (AvgIpc) is 2.79. The molecule has 0 saturated heterocycles. The number of rotatable bonds is 0. The van der Waals surface area contributed by atoms with Gasteiger partial charge in [0.1, 0.15) is 0 Å². The van der Waals surface area contributed by atoms with E-state index in [4.69, 9.17) is 0 Å². The molecular weight excluding hydrogens is 228 g/mol. The minimum Gasteiger partial charge on any atom is -0.0594 e. The van der Waals surface area contributed by atoms with Crippen LogP contribution in [0.3, 0.4) is 0 Å². The van der Waals surface area contributed by atoms with Gasteiger partial charge < -0.3 is 0 Å². The van der Waals surface area contributed by atoms with Crippen LogP contribution in [0, 0.1) is 34.5 Å². The summed E-state index contributed by atoms with van der Waals surface area (Å²) in [5, 5.41) is 0. The molecule has 0 bridgehead atoms. The maximum absolute atomic E-state index is 2.70.